The third kappa shape index (κ3) is 1.39. The predicted octanol–water partition coefficient (Wildman–Crippen LogP) is 0.360. The lowest BCUT2D eigenvalue weighted by Gasteiger charge is -1.98. The summed E-state index contributed by atoms with van der Waals surface area (Å²) in [6.45, 7) is 0. The van der Waals surface area contributed by atoms with Crippen LogP contribution in [0.15, 0.2) is 12.3 Å². The van der Waals surface area contributed by atoms with Gasteiger partial charge < -0.3 is 16.2 Å². The second-order valence-corrected chi connectivity index (χ2v) is 2.15. The van der Waals surface area contributed by atoms with Crippen LogP contribution >= 0.6 is 0 Å². The van der Waals surface area contributed by atoms with Crippen molar-refractivity contribution in [2.24, 2.45) is 0 Å². The van der Waals surface area contributed by atoms with E-state index in [0.717, 1.165) is 12.4 Å². The standard InChI is InChI=1S/C7H7N3O2/c8-2-4-1-5(7(11)12)3-10-6(4)9/h1-3,8H,(H2,9,10)(H,11,12). The van der Waals surface area contributed by atoms with Crippen molar-refractivity contribution in [1.29, 1.82) is 5.41 Å². The van der Waals surface area contributed by atoms with Gasteiger partial charge in [0.15, 0.2) is 0 Å². The Hall–Kier alpha value is -1.91. The van der Waals surface area contributed by atoms with E-state index in [4.69, 9.17) is 16.2 Å². The highest BCUT2D eigenvalue weighted by molar-refractivity contribution is 5.92. The normalized spacial score (nSPS) is 9.33. The zero-order chi connectivity index (χ0) is 9.14. The van der Waals surface area contributed by atoms with E-state index >= 15 is 0 Å². The number of aromatic nitrogens is 1. The van der Waals surface area contributed by atoms with Gasteiger partial charge in [-0.05, 0) is 6.07 Å². The molecule has 0 saturated carbocycles. The van der Waals surface area contributed by atoms with E-state index in [2.05, 4.69) is 4.98 Å². The Kier molecular flexibility index (Phi) is 2.05. The SMILES string of the molecule is N=Cc1cc(C(=O)O)cnc1N. The number of aromatic carboxylic acids is 1. The van der Waals surface area contributed by atoms with Gasteiger partial charge in [-0.1, -0.05) is 0 Å². The van der Waals surface area contributed by atoms with Crippen molar-refractivity contribution in [2.75, 3.05) is 5.73 Å². The molecule has 0 atom stereocenters. The van der Waals surface area contributed by atoms with Crippen LogP contribution in [0.1, 0.15) is 15.9 Å². The first kappa shape index (κ1) is 8.19. The summed E-state index contributed by atoms with van der Waals surface area (Å²) in [7, 11) is 0. The van der Waals surface area contributed by atoms with Crippen LogP contribution in [0.5, 0.6) is 0 Å². The number of hydrogen-bond donors (Lipinski definition) is 3. The third-order valence-corrected chi connectivity index (χ3v) is 1.35. The molecule has 0 aliphatic rings. The molecule has 0 radical (unpaired) electrons. The lowest BCUT2D eigenvalue weighted by Crippen LogP contribution is -2.02. The minimum absolute atomic E-state index is 0.0303. The molecule has 62 valence electrons. The second-order valence-electron chi connectivity index (χ2n) is 2.15. The Balaban J connectivity index is 3.22. The average molecular weight is 165 g/mol. The molecule has 0 aromatic carbocycles. The van der Waals surface area contributed by atoms with Gasteiger partial charge in [-0.15, -0.1) is 0 Å². The molecule has 1 aromatic heterocycles. The average Bonchev–Trinajstić information content (AvgIpc) is 2.05. The Morgan fingerprint density at radius 2 is 2.42 bits per heavy atom. The summed E-state index contributed by atoms with van der Waals surface area (Å²) in [6.07, 6.45) is 2.12. The summed E-state index contributed by atoms with van der Waals surface area (Å²) < 4.78 is 0. The Morgan fingerprint density at radius 3 is 2.92 bits per heavy atom. The van der Waals surface area contributed by atoms with E-state index in [1.807, 2.05) is 0 Å². The van der Waals surface area contributed by atoms with E-state index in [9.17, 15) is 4.79 Å². The second kappa shape index (κ2) is 3.00. The molecule has 0 aliphatic carbocycles. The first-order chi connectivity index (χ1) is 5.65. The van der Waals surface area contributed by atoms with Crippen LogP contribution in [-0.4, -0.2) is 22.3 Å². The first-order valence-corrected chi connectivity index (χ1v) is 3.14. The molecule has 4 N–H and O–H groups in total. The molecule has 1 heterocycles. The number of hydrogen-bond acceptors (Lipinski definition) is 4. The van der Waals surface area contributed by atoms with E-state index in [1.165, 1.54) is 6.07 Å². The number of rotatable bonds is 2. The van der Waals surface area contributed by atoms with Crippen molar-refractivity contribution in [2.45, 2.75) is 0 Å². The number of nitrogens with one attached hydrogen (secondary N) is 1. The molecule has 5 heteroatoms. The fraction of sp³-hybridized carbons (Fsp3) is 0. The van der Waals surface area contributed by atoms with Gasteiger partial charge in [-0.2, -0.15) is 0 Å². The number of nitrogens with zero attached hydrogens (tertiary/aromatic N) is 1. The topological polar surface area (TPSA) is 100 Å². The van der Waals surface area contributed by atoms with E-state index in [-0.39, 0.29) is 11.4 Å². The van der Waals surface area contributed by atoms with E-state index in [1.54, 1.807) is 0 Å². The van der Waals surface area contributed by atoms with Gasteiger partial charge >= 0.3 is 5.97 Å². The fourth-order valence-electron chi connectivity index (χ4n) is 0.725. The molecule has 0 bridgehead atoms. The molecule has 0 amide bonds. The van der Waals surface area contributed by atoms with Crippen LogP contribution in [0.2, 0.25) is 0 Å². The fourth-order valence-corrected chi connectivity index (χ4v) is 0.725. The van der Waals surface area contributed by atoms with Crippen molar-refractivity contribution in [1.82, 2.24) is 4.98 Å². The number of pyridine rings is 1. The molecule has 0 saturated heterocycles. The maximum atomic E-state index is 10.4. The summed E-state index contributed by atoms with van der Waals surface area (Å²) in [5.74, 6) is -0.916. The molecule has 0 fully saturated rings. The minimum atomic E-state index is -1.08. The van der Waals surface area contributed by atoms with E-state index in [0.29, 0.717) is 5.56 Å². The maximum Gasteiger partial charge on any atom is 0.337 e. The molecule has 0 spiro atoms. The summed E-state index contributed by atoms with van der Waals surface area (Å²) in [5.41, 5.74) is 5.69. The van der Waals surface area contributed by atoms with Gasteiger partial charge in [0.05, 0.1) is 5.56 Å². The Labute approximate surface area is 68.4 Å². The monoisotopic (exact) mass is 165 g/mol. The third-order valence-electron chi connectivity index (χ3n) is 1.35. The van der Waals surface area contributed by atoms with Crippen LogP contribution in [0.25, 0.3) is 0 Å². The van der Waals surface area contributed by atoms with Crippen LogP contribution in [-0.2, 0) is 0 Å². The van der Waals surface area contributed by atoms with Gasteiger partial charge in [-0.3, -0.25) is 0 Å². The molecular formula is C7H7N3O2. The summed E-state index contributed by atoms with van der Waals surface area (Å²) in [4.78, 5) is 14.0. The number of carboxylic acid groups (broad SMARTS) is 1. The van der Waals surface area contributed by atoms with Crippen molar-refractivity contribution in [3.05, 3.63) is 23.4 Å². The zero-order valence-electron chi connectivity index (χ0n) is 6.11. The highest BCUT2D eigenvalue weighted by atomic mass is 16.4. The van der Waals surface area contributed by atoms with Crippen LogP contribution in [0.4, 0.5) is 5.82 Å². The van der Waals surface area contributed by atoms with Crippen LogP contribution in [0, 0.1) is 5.41 Å². The lowest BCUT2D eigenvalue weighted by atomic mass is 10.2. The number of nitrogen functional groups attached to an aromatic ring is 1. The van der Waals surface area contributed by atoms with Crippen molar-refractivity contribution >= 4 is 18.0 Å². The zero-order valence-corrected chi connectivity index (χ0v) is 6.11. The van der Waals surface area contributed by atoms with E-state index < -0.39 is 5.97 Å². The number of anilines is 1. The molecule has 5 nitrogen and oxygen atoms in total. The van der Waals surface area contributed by atoms with Crippen molar-refractivity contribution in [3.8, 4) is 0 Å². The quantitative estimate of drug-likeness (QED) is 0.551. The van der Waals surface area contributed by atoms with Gasteiger partial charge in [-0.25, -0.2) is 9.78 Å². The molecule has 0 unspecified atom stereocenters. The van der Waals surface area contributed by atoms with Crippen molar-refractivity contribution < 1.29 is 9.90 Å². The van der Waals surface area contributed by atoms with Crippen LogP contribution in [0.3, 0.4) is 0 Å². The first-order valence-electron chi connectivity index (χ1n) is 3.14. The number of carbonyl (C=O) groups is 1. The highest BCUT2D eigenvalue weighted by Gasteiger charge is 2.05. The van der Waals surface area contributed by atoms with Crippen molar-refractivity contribution in [3.63, 3.8) is 0 Å². The minimum Gasteiger partial charge on any atom is -0.478 e. The van der Waals surface area contributed by atoms with Crippen LogP contribution < -0.4 is 5.73 Å². The molecular weight excluding hydrogens is 158 g/mol. The number of nitrogens with two attached hydrogens (primary N) is 1. The lowest BCUT2D eigenvalue weighted by molar-refractivity contribution is 0.0696. The van der Waals surface area contributed by atoms with Gasteiger partial charge in [0.25, 0.3) is 0 Å². The largest absolute Gasteiger partial charge is 0.478 e. The Bertz CT molecular complexity index is 335. The highest BCUT2D eigenvalue weighted by Crippen LogP contribution is 2.07. The predicted molar refractivity (Wildman–Crippen MR) is 43.5 cm³/mol. The molecule has 12 heavy (non-hydrogen) atoms. The molecule has 1 aromatic rings. The van der Waals surface area contributed by atoms with Gasteiger partial charge in [0, 0.05) is 18.0 Å². The summed E-state index contributed by atoms with van der Waals surface area (Å²) in [6, 6.07) is 1.30. The molecule has 1 rings (SSSR count). The smallest absolute Gasteiger partial charge is 0.337 e. The molecule has 0 aliphatic heterocycles. The number of carboxylic acids is 1. The van der Waals surface area contributed by atoms with Gasteiger partial charge in [0.1, 0.15) is 5.82 Å². The maximum absolute atomic E-state index is 10.4. The Morgan fingerprint density at radius 1 is 1.75 bits per heavy atom. The summed E-state index contributed by atoms with van der Waals surface area (Å²) in [5, 5.41) is 15.4. The summed E-state index contributed by atoms with van der Waals surface area (Å²) >= 11 is 0. The van der Waals surface area contributed by atoms with Gasteiger partial charge in [0.2, 0.25) is 0 Å².